The van der Waals surface area contributed by atoms with Crippen LogP contribution in [0.3, 0.4) is 0 Å². The number of nitrogens with one attached hydrogen (secondary N) is 1. The quantitative estimate of drug-likeness (QED) is 0.793. The van der Waals surface area contributed by atoms with E-state index in [4.69, 9.17) is 9.84 Å². The molecule has 2 N–H and O–H groups in total. The van der Waals surface area contributed by atoms with E-state index in [9.17, 15) is 13.2 Å². The van der Waals surface area contributed by atoms with Crippen LogP contribution in [0.15, 0.2) is 16.6 Å². The van der Waals surface area contributed by atoms with E-state index in [-0.39, 0.29) is 6.54 Å². The van der Waals surface area contributed by atoms with Crippen LogP contribution in [0.5, 0.6) is 5.75 Å². The first-order valence-electron chi connectivity index (χ1n) is 6.00. The molecule has 110 valence electrons. The van der Waals surface area contributed by atoms with Gasteiger partial charge in [-0.3, -0.25) is 4.79 Å². The van der Waals surface area contributed by atoms with Crippen LogP contribution in [0.4, 0.5) is 0 Å². The van der Waals surface area contributed by atoms with Gasteiger partial charge in [-0.25, -0.2) is 13.1 Å². The summed E-state index contributed by atoms with van der Waals surface area (Å²) in [5, 5.41) is 8.51. The first kappa shape index (κ1) is 15.3. The lowest BCUT2D eigenvalue weighted by Crippen LogP contribution is -2.27. The summed E-state index contributed by atoms with van der Waals surface area (Å²) in [4.78, 5) is 10.4. The zero-order valence-electron chi connectivity index (χ0n) is 10.6. The number of hydrogen-bond donors (Lipinski definition) is 2. The lowest BCUT2D eigenvalue weighted by Gasteiger charge is -2.10. The highest BCUT2D eigenvalue weighted by Gasteiger charge is 2.19. The van der Waals surface area contributed by atoms with Gasteiger partial charge in [0.05, 0.1) is 18.8 Å². The number of benzene rings is 1. The molecule has 1 aliphatic heterocycles. The van der Waals surface area contributed by atoms with Gasteiger partial charge in [0.25, 0.3) is 0 Å². The molecule has 0 spiro atoms. The minimum atomic E-state index is -3.61. The Balaban J connectivity index is 2.06. The molecule has 1 heterocycles. The molecule has 0 atom stereocenters. The summed E-state index contributed by atoms with van der Waals surface area (Å²) in [5.41, 5.74) is 1.78. The molecule has 2 rings (SSSR count). The number of carbonyl (C=O) groups is 1. The second-order valence-corrected chi connectivity index (χ2v) is 7.28. The summed E-state index contributed by atoms with van der Waals surface area (Å²) in [6.45, 7) is 0.675. The molecule has 0 unspecified atom stereocenters. The monoisotopic (exact) mass is 363 g/mol. The van der Waals surface area contributed by atoms with Crippen molar-refractivity contribution in [3.8, 4) is 5.75 Å². The van der Waals surface area contributed by atoms with E-state index in [1.807, 2.05) is 6.07 Å². The Morgan fingerprint density at radius 2 is 2.20 bits per heavy atom. The summed E-state index contributed by atoms with van der Waals surface area (Å²) in [6.07, 6.45) is 0.385. The fourth-order valence-corrected chi connectivity index (χ4v) is 3.47. The molecule has 1 aromatic rings. The van der Waals surface area contributed by atoms with Gasteiger partial charge >= 0.3 is 5.97 Å². The van der Waals surface area contributed by atoms with E-state index in [0.29, 0.717) is 12.4 Å². The number of carboxylic acids is 1. The van der Waals surface area contributed by atoms with E-state index >= 15 is 0 Å². The van der Waals surface area contributed by atoms with Crippen molar-refractivity contribution in [2.45, 2.75) is 19.4 Å². The first-order valence-corrected chi connectivity index (χ1v) is 8.45. The van der Waals surface area contributed by atoms with Crippen molar-refractivity contribution in [3.63, 3.8) is 0 Å². The van der Waals surface area contributed by atoms with Crippen molar-refractivity contribution in [1.82, 2.24) is 4.72 Å². The molecule has 0 amide bonds. The van der Waals surface area contributed by atoms with Crippen LogP contribution < -0.4 is 9.46 Å². The number of fused-ring (bicyclic) bond motifs is 1. The van der Waals surface area contributed by atoms with Crippen molar-refractivity contribution in [1.29, 1.82) is 0 Å². The van der Waals surface area contributed by atoms with Crippen LogP contribution >= 0.6 is 15.9 Å². The number of halogens is 1. The number of carboxylic acid groups (broad SMARTS) is 1. The zero-order chi connectivity index (χ0) is 14.8. The van der Waals surface area contributed by atoms with Gasteiger partial charge in [-0.05, 0) is 17.7 Å². The van der Waals surface area contributed by atoms with Gasteiger partial charge in [0, 0.05) is 23.0 Å². The lowest BCUT2D eigenvalue weighted by molar-refractivity contribution is -0.136. The zero-order valence-corrected chi connectivity index (χ0v) is 13.0. The van der Waals surface area contributed by atoms with Crippen LogP contribution in [0.1, 0.15) is 17.5 Å². The molecule has 0 radical (unpaired) electrons. The number of aliphatic carboxylic acids is 1. The Morgan fingerprint density at radius 1 is 1.45 bits per heavy atom. The average molecular weight is 364 g/mol. The van der Waals surface area contributed by atoms with Crippen LogP contribution in [-0.4, -0.2) is 31.9 Å². The highest BCUT2D eigenvalue weighted by atomic mass is 79.9. The predicted octanol–water partition coefficient (Wildman–Crippen LogP) is 1.28. The largest absolute Gasteiger partial charge is 0.493 e. The highest BCUT2D eigenvalue weighted by Crippen LogP contribution is 2.32. The fourth-order valence-electron chi connectivity index (χ4n) is 1.96. The molecule has 6 nitrogen and oxygen atoms in total. The van der Waals surface area contributed by atoms with Gasteiger partial charge in [-0.15, -0.1) is 0 Å². The Bertz CT molecular complexity index is 629. The van der Waals surface area contributed by atoms with Gasteiger partial charge in [0.15, 0.2) is 0 Å². The van der Waals surface area contributed by atoms with Crippen LogP contribution in [0.2, 0.25) is 0 Å². The van der Waals surface area contributed by atoms with E-state index in [2.05, 4.69) is 20.7 Å². The number of sulfonamides is 1. The summed E-state index contributed by atoms with van der Waals surface area (Å²) in [7, 11) is -3.61. The Labute approximate surface area is 125 Å². The normalized spacial score (nSPS) is 13.8. The lowest BCUT2D eigenvalue weighted by atomic mass is 10.1. The molecule has 20 heavy (non-hydrogen) atoms. The molecule has 0 aromatic heterocycles. The predicted molar refractivity (Wildman–Crippen MR) is 76.2 cm³/mol. The average Bonchev–Trinajstić information content (AvgIpc) is 2.81. The number of rotatable bonds is 6. The standard InChI is InChI=1S/C12H14BrNO5S/c13-10-5-8-1-3-19-12(8)9(6-10)7-14-20(17,18)4-2-11(15)16/h5-6,14H,1-4,7H2,(H,15,16). The molecule has 0 bridgehead atoms. The SMILES string of the molecule is O=C(O)CCS(=O)(=O)NCc1cc(Br)cc2c1OCC2. The van der Waals surface area contributed by atoms with Crippen molar-refractivity contribution < 1.29 is 23.1 Å². The van der Waals surface area contributed by atoms with Crippen molar-refractivity contribution in [3.05, 3.63) is 27.7 Å². The van der Waals surface area contributed by atoms with E-state index in [1.54, 1.807) is 6.07 Å². The maximum atomic E-state index is 11.7. The van der Waals surface area contributed by atoms with E-state index < -0.39 is 28.2 Å². The summed E-state index contributed by atoms with van der Waals surface area (Å²) in [5.74, 6) is -0.851. The maximum absolute atomic E-state index is 11.7. The maximum Gasteiger partial charge on any atom is 0.304 e. The van der Waals surface area contributed by atoms with Crippen LogP contribution in [0, 0.1) is 0 Å². The highest BCUT2D eigenvalue weighted by molar-refractivity contribution is 9.10. The summed E-state index contributed by atoms with van der Waals surface area (Å²) < 4.78 is 32.1. The molecule has 0 saturated heterocycles. The van der Waals surface area contributed by atoms with Gasteiger partial charge in [-0.1, -0.05) is 15.9 Å². The molecule has 0 fully saturated rings. The van der Waals surface area contributed by atoms with Crippen LogP contribution in [-0.2, 0) is 27.8 Å². The third kappa shape index (κ3) is 3.94. The third-order valence-electron chi connectivity index (χ3n) is 2.89. The van der Waals surface area contributed by atoms with E-state index in [1.165, 1.54) is 0 Å². The Hall–Kier alpha value is -1.12. The summed E-state index contributed by atoms with van der Waals surface area (Å²) >= 11 is 3.38. The molecular formula is C12H14BrNO5S. The van der Waals surface area contributed by atoms with Crippen LogP contribution in [0.25, 0.3) is 0 Å². The van der Waals surface area contributed by atoms with Gasteiger partial charge in [0.1, 0.15) is 5.75 Å². The molecule has 1 aliphatic rings. The minimum Gasteiger partial charge on any atom is -0.493 e. The number of ether oxygens (including phenoxy) is 1. The van der Waals surface area contributed by atoms with Crippen molar-refractivity contribution >= 4 is 31.9 Å². The van der Waals surface area contributed by atoms with Crippen molar-refractivity contribution in [2.75, 3.05) is 12.4 Å². The molecule has 8 heteroatoms. The van der Waals surface area contributed by atoms with Crippen molar-refractivity contribution in [2.24, 2.45) is 0 Å². The smallest absolute Gasteiger partial charge is 0.304 e. The Morgan fingerprint density at radius 3 is 2.90 bits per heavy atom. The molecule has 1 aromatic carbocycles. The third-order valence-corrected chi connectivity index (χ3v) is 4.68. The number of hydrogen-bond acceptors (Lipinski definition) is 4. The van der Waals surface area contributed by atoms with Gasteiger partial charge in [0.2, 0.25) is 10.0 Å². The fraction of sp³-hybridized carbons (Fsp3) is 0.417. The Kier molecular flexibility index (Phi) is 4.66. The molecule has 0 saturated carbocycles. The van der Waals surface area contributed by atoms with Gasteiger partial charge < -0.3 is 9.84 Å². The molecule has 0 aliphatic carbocycles. The topological polar surface area (TPSA) is 92.7 Å². The minimum absolute atomic E-state index is 0.0870. The first-order chi connectivity index (χ1) is 9.37. The summed E-state index contributed by atoms with van der Waals surface area (Å²) in [6, 6.07) is 3.74. The van der Waals surface area contributed by atoms with Gasteiger partial charge in [-0.2, -0.15) is 0 Å². The second kappa shape index (κ2) is 6.11. The molecular weight excluding hydrogens is 350 g/mol. The second-order valence-electron chi connectivity index (χ2n) is 4.44. The van der Waals surface area contributed by atoms with E-state index in [0.717, 1.165) is 22.0 Å².